The summed E-state index contributed by atoms with van der Waals surface area (Å²) in [6.45, 7) is 3.51. The van der Waals surface area contributed by atoms with Crippen LogP contribution in [0.3, 0.4) is 0 Å². The van der Waals surface area contributed by atoms with Gasteiger partial charge in [-0.3, -0.25) is 14.2 Å². The highest BCUT2D eigenvalue weighted by molar-refractivity contribution is 7.99. The van der Waals surface area contributed by atoms with Gasteiger partial charge in [-0.1, -0.05) is 29.4 Å². The quantitative estimate of drug-likeness (QED) is 0.467. The first-order valence-electron chi connectivity index (χ1n) is 9.47. The van der Waals surface area contributed by atoms with Gasteiger partial charge < -0.3 is 9.88 Å². The van der Waals surface area contributed by atoms with E-state index >= 15 is 0 Å². The molecule has 0 radical (unpaired) electrons. The summed E-state index contributed by atoms with van der Waals surface area (Å²) in [5, 5.41) is 1.40. The third-order valence-corrected chi connectivity index (χ3v) is 6.44. The molecule has 3 heterocycles. The van der Waals surface area contributed by atoms with Crippen LogP contribution in [0.25, 0.3) is 5.69 Å². The minimum absolute atomic E-state index is 0.0406. The number of rotatable bonds is 6. The first kappa shape index (κ1) is 19.8. The highest BCUT2D eigenvalue weighted by atomic mass is 35.5. The van der Waals surface area contributed by atoms with Gasteiger partial charge in [0.15, 0.2) is 10.9 Å². The number of nitrogens with one attached hydrogen (secondary N) is 1. The molecule has 1 N–H and O–H groups in total. The van der Waals surface area contributed by atoms with Crippen LogP contribution < -0.4 is 0 Å². The van der Waals surface area contributed by atoms with Gasteiger partial charge in [0, 0.05) is 42.3 Å². The van der Waals surface area contributed by atoms with Crippen molar-refractivity contribution in [2.75, 3.05) is 18.8 Å². The average Bonchev–Trinajstić information content (AvgIpc) is 3.48. The molecule has 0 bridgehead atoms. The number of hydrogen-bond donors (Lipinski definition) is 1. The lowest BCUT2D eigenvalue weighted by Crippen LogP contribution is -2.27. The van der Waals surface area contributed by atoms with Crippen LogP contribution in [-0.2, 0) is 0 Å². The average molecular weight is 429 g/mol. The van der Waals surface area contributed by atoms with Crippen molar-refractivity contribution in [2.24, 2.45) is 0 Å². The number of benzene rings is 1. The summed E-state index contributed by atoms with van der Waals surface area (Å²) in [7, 11) is 0. The maximum absolute atomic E-state index is 12.6. The molecule has 29 heavy (non-hydrogen) atoms. The Labute approximate surface area is 178 Å². The summed E-state index contributed by atoms with van der Waals surface area (Å²) < 4.78 is 1.93. The zero-order valence-corrected chi connectivity index (χ0v) is 17.6. The van der Waals surface area contributed by atoms with Crippen molar-refractivity contribution in [3.05, 3.63) is 64.7 Å². The van der Waals surface area contributed by atoms with Crippen LogP contribution in [0.1, 0.15) is 39.3 Å². The van der Waals surface area contributed by atoms with Crippen LogP contribution in [-0.4, -0.2) is 50.0 Å². The van der Waals surface area contributed by atoms with E-state index in [1.807, 2.05) is 40.8 Å². The molecule has 0 aliphatic carbocycles. The van der Waals surface area contributed by atoms with Crippen LogP contribution >= 0.6 is 23.4 Å². The topological polar surface area (TPSA) is 71.0 Å². The lowest BCUT2D eigenvalue weighted by molar-refractivity contribution is 0.0787. The number of Topliss-reactive ketones (excluding diaryl/α,β-unsaturated/α-hetero) is 1. The number of imidazole rings is 1. The molecule has 1 amide bonds. The van der Waals surface area contributed by atoms with Crippen LogP contribution in [0.15, 0.2) is 48.0 Å². The molecule has 150 valence electrons. The molecule has 3 aromatic rings. The van der Waals surface area contributed by atoms with Gasteiger partial charge in [-0.2, -0.15) is 0 Å². The highest BCUT2D eigenvalue weighted by Crippen LogP contribution is 2.27. The Morgan fingerprint density at radius 3 is 2.86 bits per heavy atom. The van der Waals surface area contributed by atoms with Crippen molar-refractivity contribution >= 4 is 35.1 Å². The van der Waals surface area contributed by atoms with E-state index in [0.29, 0.717) is 21.4 Å². The fourth-order valence-corrected chi connectivity index (χ4v) is 4.45. The van der Waals surface area contributed by atoms with Crippen molar-refractivity contribution < 1.29 is 9.59 Å². The van der Waals surface area contributed by atoms with Gasteiger partial charge in [-0.25, -0.2) is 4.98 Å². The highest BCUT2D eigenvalue weighted by Gasteiger charge is 2.22. The van der Waals surface area contributed by atoms with E-state index in [9.17, 15) is 9.59 Å². The second kappa shape index (κ2) is 8.47. The van der Waals surface area contributed by atoms with Gasteiger partial charge in [0.2, 0.25) is 0 Å². The molecule has 0 spiro atoms. The summed E-state index contributed by atoms with van der Waals surface area (Å²) in [4.78, 5) is 34.2. The number of nitrogens with zero attached hydrogens (tertiary/aromatic N) is 3. The molecule has 4 rings (SSSR count). The molecule has 0 saturated carbocycles. The van der Waals surface area contributed by atoms with Crippen LogP contribution in [0.5, 0.6) is 0 Å². The van der Waals surface area contributed by atoms with Crippen molar-refractivity contribution in [3.8, 4) is 5.69 Å². The standard InChI is InChI=1S/C21H21ClN4O2S/c1-14-16(22)5-4-6-18(14)26-10-7-23-21(26)29-13-19(27)15-11-17(24-12-15)20(28)25-8-2-3-9-25/h4-7,10-12,24H,2-3,8-9,13H2,1H3. The van der Waals surface area contributed by atoms with E-state index in [1.54, 1.807) is 18.5 Å². The Morgan fingerprint density at radius 2 is 2.07 bits per heavy atom. The van der Waals surface area contributed by atoms with Gasteiger partial charge in [-0.05, 0) is 43.5 Å². The molecule has 1 saturated heterocycles. The minimum Gasteiger partial charge on any atom is -0.356 e. The van der Waals surface area contributed by atoms with Crippen LogP contribution in [0.4, 0.5) is 0 Å². The molecule has 2 aromatic heterocycles. The number of hydrogen-bond acceptors (Lipinski definition) is 4. The van der Waals surface area contributed by atoms with Gasteiger partial charge in [0.25, 0.3) is 5.91 Å². The number of ketones is 1. The Bertz CT molecular complexity index is 1050. The number of amides is 1. The third-order valence-electron chi connectivity index (χ3n) is 5.07. The number of H-pyrrole nitrogens is 1. The number of thioether (sulfide) groups is 1. The van der Waals surface area contributed by atoms with Crippen LogP contribution in [0.2, 0.25) is 5.02 Å². The number of carbonyl (C=O) groups is 2. The SMILES string of the molecule is Cc1c(Cl)cccc1-n1ccnc1SCC(=O)c1c[nH]c(C(=O)N2CCCC2)c1. The van der Waals surface area contributed by atoms with E-state index in [4.69, 9.17) is 11.6 Å². The summed E-state index contributed by atoms with van der Waals surface area (Å²) >= 11 is 7.60. The van der Waals surface area contributed by atoms with E-state index < -0.39 is 0 Å². The Kier molecular flexibility index (Phi) is 5.78. The maximum atomic E-state index is 12.6. The third kappa shape index (κ3) is 4.11. The molecule has 1 fully saturated rings. The van der Waals surface area contributed by atoms with Gasteiger partial charge in [0.05, 0.1) is 11.4 Å². The minimum atomic E-state index is -0.0518. The van der Waals surface area contributed by atoms with E-state index in [0.717, 1.165) is 37.2 Å². The first-order valence-corrected chi connectivity index (χ1v) is 10.8. The van der Waals surface area contributed by atoms with Gasteiger partial charge in [0.1, 0.15) is 5.69 Å². The lowest BCUT2D eigenvalue weighted by Gasteiger charge is -2.13. The smallest absolute Gasteiger partial charge is 0.270 e. The first-order chi connectivity index (χ1) is 14.0. The lowest BCUT2D eigenvalue weighted by atomic mass is 10.2. The van der Waals surface area contributed by atoms with E-state index in [-0.39, 0.29) is 17.4 Å². The normalized spacial score (nSPS) is 13.8. The second-order valence-electron chi connectivity index (χ2n) is 6.98. The molecule has 6 nitrogen and oxygen atoms in total. The fourth-order valence-electron chi connectivity index (χ4n) is 3.42. The maximum Gasteiger partial charge on any atom is 0.270 e. The molecule has 8 heteroatoms. The summed E-state index contributed by atoms with van der Waals surface area (Å²) in [5.74, 6) is 0.136. The molecule has 0 atom stereocenters. The summed E-state index contributed by atoms with van der Waals surface area (Å²) in [6, 6.07) is 7.36. The predicted molar refractivity (Wildman–Crippen MR) is 114 cm³/mol. The monoisotopic (exact) mass is 428 g/mol. The van der Waals surface area contributed by atoms with Gasteiger partial charge in [-0.15, -0.1) is 0 Å². The van der Waals surface area contributed by atoms with Crippen molar-refractivity contribution in [2.45, 2.75) is 24.9 Å². The Hall–Kier alpha value is -2.51. The number of aromatic nitrogens is 3. The summed E-state index contributed by atoms with van der Waals surface area (Å²) in [6.07, 6.45) is 7.24. The summed E-state index contributed by atoms with van der Waals surface area (Å²) in [5.41, 5.74) is 2.87. The molecule has 1 aliphatic heterocycles. The van der Waals surface area contributed by atoms with Crippen LogP contribution in [0, 0.1) is 6.92 Å². The molecule has 1 aromatic carbocycles. The van der Waals surface area contributed by atoms with Crippen molar-refractivity contribution in [3.63, 3.8) is 0 Å². The van der Waals surface area contributed by atoms with Crippen molar-refractivity contribution in [1.82, 2.24) is 19.4 Å². The number of likely N-dealkylation sites (tertiary alicyclic amines) is 1. The molecular weight excluding hydrogens is 408 g/mol. The molecular formula is C21H21ClN4O2S. The second-order valence-corrected chi connectivity index (χ2v) is 8.33. The van der Waals surface area contributed by atoms with Crippen molar-refractivity contribution in [1.29, 1.82) is 0 Å². The van der Waals surface area contributed by atoms with E-state index in [1.165, 1.54) is 11.8 Å². The van der Waals surface area contributed by atoms with Gasteiger partial charge >= 0.3 is 0 Å². The predicted octanol–water partition coefficient (Wildman–Crippen LogP) is 4.37. The number of aromatic amines is 1. The van der Waals surface area contributed by atoms with E-state index in [2.05, 4.69) is 9.97 Å². The fraction of sp³-hybridized carbons (Fsp3) is 0.286. The number of carbonyl (C=O) groups excluding carboxylic acids is 2. The Morgan fingerprint density at radius 1 is 1.28 bits per heavy atom. The Balaban J connectivity index is 1.44. The molecule has 1 aliphatic rings. The zero-order valence-electron chi connectivity index (χ0n) is 16.0. The molecule has 0 unspecified atom stereocenters. The number of halogens is 1. The zero-order chi connectivity index (χ0) is 20.4. The largest absolute Gasteiger partial charge is 0.356 e.